The first kappa shape index (κ1) is 22.7. The third kappa shape index (κ3) is 5.08. The molecule has 1 aromatic rings. The molecule has 158 valence electrons. The molecule has 8 heteroatoms. The summed E-state index contributed by atoms with van der Waals surface area (Å²) in [6.45, 7) is 1.48. The van der Waals surface area contributed by atoms with E-state index in [0.29, 0.717) is 12.8 Å². The minimum Gasteiger partial charge on any atom is -0.505 e. The van der Waals surface area contributed by atoms with Crippen molar-refractivity contribution < 1.29 is 29.0 Å². The molecule has 0 radical (unpaired) electrons. The second-order valence-corrected chi connectivity index (χ2v) is 6.79. The van der Waals surface area contributed by atoms with Crippen molar-refractivity contribution in [3.63, 3.8) is 0 Å². The topological polar surface area (TPSA) is 107 Å². The van der Waals surface area contributed by atoms with Gasteiger partial charge in [-0.05, 0) is 43.0 Å². The number of likely N-dealkylation sites (tertiary alicyclic amines) is 1. The van der Waals surface area contributed by atoms with Crippen LogP contribution in [-0.2, 0) is 20.8 Å². The third-order valence-corrected chi connectivity index (χ3v) is 4.73. The molecule has 1 saturated heterocycles. The average molecular weight is 414 g/mol. The SMILES string of the molecule is CN=C(C)/C(O)=C1/C(=O)N(C)C/C1=C(/C=C/CCc1ccc(F)cc1)C(=O)C(=O)O. The molecule has 1 aromatic carbocycles. The molecule has 1 aliphatic rings. The number of Topliss-reactive ketones (excluding diaryl/α,β-unsaturated/α-hetero) is 1. The number of ketones is 1. The van der Waals surface area contributed by atoms with E-state index in [-0.39, 0.29) is 34.8 Å². The Balaban J connectivity index is 2.44. The third-order valence-electron chi connectivity index (χ3n) is 4.73. The maximum atomic E-state index is 13.0. The van der Waals surface area contributed by atoms with Crippen LogP contribution in [0.25, 0.3) is 0 Å². The zero-order valence-corrected chi connectivity index (χ0v) is 17.0. The van der Waals surface area contributed by atoms with Crippen LogP contribution in [0.1, 0.15) is 18.9 Å². The fourth-order valence-corrected chi connectivity index (χ4v) is 2.99. The maximum Gasteiger partial charge on any atom is 0.377 e. The van der Waals surface area contributed by atoms with Crippen LogP contribution in [0.15, 0.2) is 63.9 Å². The molecular weight excluding hydrogens is 391 g/mol. The molecule has 1 aliphatic heterocycles. The standard InChI is InChI=1S/C22H23FN2O5/c1-13(24-2)19(26)18-17(12-25(3)21(18)28)16(20(27)22(29)30)7-5-4-6-14-8-10-15(23)11-9-14/h5,7-11,26H,4,6,12H2,1-3H3,(H,29,30)/b7-5+,17-16+,19-18-,24-13?. The number of rotatable bonds is 7. The van der Waals surface area contributed by atoms with Gasteiger partial charge >= 0.3 is 5.97 Å². The van der Waals surface area contributed by atoms with E-state index in [1.54, 1.807) is 18.2 Å². The van der Waals surface area contributed by atoms with Crippen LogP contribution in [0, 0.1) is 5.82 Å². The average Bonchev–Trinajstić information content (AvgIpc) is 3.01. The normalized spacial score (nSPS) is 18.2. The largest absolute Gasteiger partial charge is 0.505 e. The van der Waals surface area contributed by atoms with E-state index in [0.717, 1.165) is 5.56 Å². The van der Waals surface area contributed by atoms with Crippen molar-refractivity contribution in [3.05, 3.63) is 70.3 Å². The number of nitrogens with zero attached hydrogens (tertiary/aromatic N) is 2. The lowest BCUT2D eigenvalue weighted by molar-refractivity contribution is -0.147. The van der Waals surface area contributed by atoms with Crippen LogP contribution in [0.2, 0.25) is 0 Å². The monoisotopic (exact) mass is 414 g/mol. The highest BCUT2D eigenvalue weighted by Crippen LogP contribution is 2.29. The van der Waals surface area contributed by atoms with E-state index in [9.17, 15) is 29.0 Å². The van der Waals surface area contributed by atoms with Gasteiger partial charge in [-0.15, -0.1) is 0 Å². The Bertz CT molecular complexity index is 987. The molecule has 2 N–H and O–H groups in total. The second-order valence-electron chi connectivity index (χ2n) is 6.79. The number of likely N-dealkylation sites (N-methyl/N-ethyl adjacent to an activating group) is 1. The number of carboxylic acids is 1. The summed E-state index contributed by atoms with van der Waals surface area (Å²) in [5.41, 5.74) is 0.892. The van der Waals surface area contributed by atoms with E-state index in [2.05, 4.69) is 4.99 Å². The molecule has 0 atom stereocenters. The molecule has 0 bridgehead atoms. The van der Waals surface area contributed by atoms with E-state index in [1.165, 1.54) is 44.1 Å². The van der Waals surface area contributed by atoms with Crippen molar-refractivity contribution in [2.24, 2.45) is 4.99 Å². The number of carboxylic acid groups (broad SMARTS) is 1. The molecule has 2 rings (SSSR count). The summed E-state index contributed by atoms with van der Waals surface area (Å²) in [5.74, 6) is -4.10. The van der Waals surface area contributed by atoms with Crippen LogP contribution in [0.3, 0.4) is 0 Å². The van der Waals surface area contributed by atoms with E-state index in [4.69, 9.17) is 0 Å². The molecule has 0 unspecified atom stereocenters. The minimum absolute atomic E-state index is 0.0219. The van der Waals surface area contributed by atoms with Crippen LogP contribution >= 0.6 is 0 Å². The number of aliphatic imine (C=N–C) groups is 1. The van der Waals surface area contributed by atoms with E-state index >= 15 is 0 Å². The molecule has 0 saturated carbocycles. The molecular formula is C22H23FN2O5. The second kappa shape index (κ2) is 9.78. The van der Waals surface area contributed by atoms with E-state index < -0.39 is 23.4 Å². The van der Waals surface area contributed by atoms with E-state index in [1.807, 2.05) is 0 Å². The zero-order valence-electron chi connectivity index (χ0n) is 17.0. The summed E-state index contributed by atoms with van der Waals surface area (Å²) in [5, 5.41) is 19.7. The maximum absolute atomic E-state index is 13.0. The van der Waals surface area contributed by atoms with Crippen molar-refractivity contribution in [1.82, 2.24) is 4.90 Å². The summed E-state index contributed by atoms with van der Waals surface area (Å²) < 4.78 is 13.0. The Morgan fingerprint density at radius 2 is 1.87 bits per heavy atom. The Kier molecular flexibility index (Phi) is 7.41. The summed E-state index contributed by atoms with van der Waals surface area (Å²) in [6, 6.07) is 5.97. The Labute approximate surface area is 173 Å². The number of halogens is 1. The molecule has 1 amide bonds. The van der Waals surface area contributed by atoms with Crippen LogP contribution in [0.5, 0.6) is 0 Å². The number of benzene rings is 1. The Hall–Kier alpha value is -3.55. The molecule has 1 fully saturated rings. The number of hydrogen-bond donors (Lipinski definition) is 2. The molecule has 0 spiro atoms. The molecule has 0 aliphatic carbocycles. The van der Waals surface area contributed by atoms with Gasteiger partial charge in [0.25, 0.3) is 11.7 Å². The Morgan fingerprint density at radius 3 is 2.43 bits per heavy atom. The smallest absolute Gasteiger partial charge is 0.377 e. The van der Waals surface area contributed by atoms with Crippen LogP contribution in [0.4, 0.5) is 4.39 Å². The summed E-state index contributed by atoms with van der Waals surface area (Å²) in [4.78, 5) is 41.4. The van der Waals surface area contributed by atoms with Gasteiger partial charge in [0.15, 0.2) is 0 Å². The van der Waals surface area contributed by atoms with Gasteiger partial charge in [0.2, 0.25) is 0 Å². The number of aliphatic carboxylic acids is 1. The number of allylic oxidation sites excluding steroid dienone is 3. The van der Waals surface area contributed by atoms with Gasteiger partial charge in [-0.2, -0.15) is 0 Å². The highest BCUT2D eigenvalue weighted by Gasteiger charge is 2.36. The number of aliphatic hydroxyl groups is 1. The van der Waals surface area contributed by atoms with Gasteiger partial charge in [0.05, 0.1) is 11.3 Å². The number of carbonyl (C=O) groups excluding carboxylic acids is 2. The zero-order chi connectivity index (χ0) is 22.4. The van der Waals surface area contributed by atoms with Crippen molar-refractivity contribution in [2.45, 2.75) is 19.8 Å². The summed E-state index contributed by atoms with van der Waals surface area (Å²) in [6.07, 6.45) is 3.98. The number of aryl methyl sites for hydroxylation is 1. The predicted molar refractivity (Wildman–Crippen MR) is 110 cm³/mol. The fourth-order valence-electron chi connectivity index (χ4n) is 2.99. The van der Waals surface area contributed by atoms with Crippen molar-refractivity contribution in [3.8, 4) is 0 Å². The van der Waals surface area contributed by atoms with Gasteiger partial charge in [0.1, 0.15) is 11.6 Å². The lowest BCUT2D eigenvalue weighted by Crippen LogP contribution is -2.20. The molecule has 1 heterocycles. The quantitative estimate of drug-likeness (QED) is 0.309. The lowest BCUT2D eigenvalue weighted by Gasteiger charge is -2.07. The number of aliphatic hydroxyl groups excluding tert-OH is 1. The summed E-state index contributed by atoms with van der Waals surface area (Å²) in [7, 11) is 2.93. The number of carbonyl (C=O) groups is 3. The highest BCUT2D eigenvalue weighted by atomic mass is 19.1. The van der Waals surface area contributed by atoms with Crippen molar-refractivity contribution >= 4 is 23.4 Å². The first-order chi connectivity index (χ1) is 14.2. The first-order valence-electron chi connectivity index (χ1n) is 9.22. The first-order valence-corrected chi connectivity index (χ1v) is 9.22. The number of amides is 1. The molecule has 7 nitrogen and oxygen atoms in total. The van der Waals surface area contributed by atoms with Gasteiger partial charge < -0.3 is 15.1 Å². The van der Waals surface area contributed by atoms with Gasteiger partial charge in [0, 0.05) is 26.2 Å². The van der Waals surface area contributed by atoms with Crippen molar-refractivity contribution in [2.75, 3.05) is 20.6 Å². The molecule has 30 heavy (non-hydrogen) atoms. The highest BCUT2D eigenvalue weighted by molar-refractivity contribution is 6.41. The Morgan fingerprint density at radius 1 is 1.23 bits per heavy atom. The van der Waals surface area contributed by atoms with Crippen LogP contribution in [-0.4, -0.2) is 59.1 Å². The fraction of sp³-hybridized carbons (Fsp3) is 0.273. The summed E-state index contributed by atoms with van der Waals surface area (Å²) >= 11 is 0. The lowest BCUT2D eigenvalue weighted by atomic mass is 9.96. The van der Waals surface area contributed by atoms with Gasteiger partial charge in [-0.1, -0.05) is 24.3 Å². The van der Waals surface area contributed by atoms with Gasteiger partial charge in [-0.3, -0.25) is 14.6 Å². The predicted octanol–water partition coefficient (Wildman–Crippen LogP) is 2.64. The minimum atomic E-state index is -1.66. The number of hydrogen-bond acceptors (Lipinski definition) is 5. The molecule has 0 aromatic heterocycles. The van der Waals surface area contributed by atoms with Crippen molar-refractivity contribution in [1.29, 1.82) is 0 Å². The van der Waals surface area contributed by atoms with Crippen LogP contribution < -0.4 is 0 Å². The van der Waals surface area contributed by atoms with Gasteiger partial charge in [-0.25, -0.2) is 9.18 Å².